The van der Waals surface area contributed by atoms with Gasteiger partial charge in [0.2, 0.25) is 0 Å². The smallest absolute Gasteiger partial charge is 0.0950 e. The molecule has 1 N–H and O–H groups in total. The van der Waals surface area contributed by atoms with Gasteiger partial charge in [0.1, 0.15) is 0 Å². The fraction of sp³-hybridized carbons (Fsp3) is 0.455. The molecule has 0 saturated carbocycles. The van der Waals surface area contributed by atoms with Gasteiger partial charge in [-0.05, 0) is 12.5 Å². The normalized spacial score (nSPS) is 26.6. The highest BCUT2D eigenvalue weighted by Crippen LogP contribution is 2.19. The Kier molecular flexibility index (Phi) is 4.39. The molecular formula is C11H16ClNO. The molecule has 1 heterocycles. The minimum Gasteiger partial charge on any atom is -0.371 e. The molecule has 0 aliphatic carbocycles. The van der Waals surface area contributed by atoms with Crippen LogP contribution in [-0.2, 0) is 4.74 Å². The lowest BCUT2D eigenvalue weighted by molar-refractivity contribution is 0.00695. The van der Waals surface area contributed by atoms with Crippen LogP contribution < -0.4 is 5.32 Å². The predicted molar refractivity (Wildman–Crippen MR) is 59.8 cm³/mol. The summed E-state index contributed by atoms with van der Waals surface area (Å²) in [6, 6.07) is 10.8. The molecular weight excluding hydrogens is 198 g/mol. The first-order chi connectivity index (χ1) is 6.36. The SMILES string of the molecule is C[C@H]1CO[C@@H](c2ccccc2)CN1.Cl. The van der Waals surface area contributed by atoms with Gasteiger partial charge in [0.25, 0.3) is 0 Å². The van der Waals surface area contributed by atoms with E-state index in [1.165, 1.54) is 5.56 Å². The molecule has 78 valence electrons. The Morgan fingerprint density at radius 2 is 2.00 bits per heavy atom. The molecule has 1 saturated heterocycles. The van der Waals surface area contributed by atoms with Crippen LogP contribution in [0.5, 0.6) is 0 Å². The zero-order valence-corrected chi connectivity index (χ0v) is 9.09. The van der Waals surface area contributed by atoms with Crippen LogP contribution in [0.3, 0.4) is 0 Å². The summed E-state index contributed by atoms with van der Waals surface area (Å²) in [5, 5.41) is 3.41. The minimum atomic E-state index is 0. The number of benzene rings is 1. The first-order valence-electron chi connectivity index (χ1n) is 4.76. The molecule has 2 rings (SSSR count). The molecule has 3 heteroatoms. The van der Waals surface area contributed by atoms with E-state index in [0.29, 0.717) is 6.04 Å². The fourth-order valence-corrected chi connectivity index (χ4v) is 1.57. The van der Waals surface area contributed by atoms with Crippen molar-refractivity contribution in [3.63, 3.8) is 0 Å². The summed E-state index contributed by atoms with van der Waals surface area (Å²) in [6.45, 7) is 3.87. The van der Waals surface area contributed by atoms with Crippen molar-refractivity contribution in [1.82, 2.24) is 5.32 Å². The second-order valence-electron chi connectivity index (χ2n) is 3.54. The first-order valence-corrected chi connectivity index (χ1v) is 4.76. The third-order valence-corrected chi connectivity index (χ3v) is 2.37. The Balaban J connectivity index is 0.000000980. The third kappa shape index (κ3) is 2.71. The molecule has 0 amide bonds. The maximum Gasteiger partial charge on any atom is 0.0950 e. The number of nitrogens with one attached hydrogen (secondary N) is 1. The van der Waals surface area contributed by atoms with E-state index in [2.05, 4.69) is 36.5 Å². The second kappa shape index (κ2) is 5.35. The van der Waals surface area contributed by atoms with Crippen LogP contribution in [0.4, 0.5) is 0 Å². The van der Waals surface area contributed by atoms with Crippen molar-refractivity contribution in [2.24, 2.45) is 0 Å². The van der Waals surface area contributed by atoms with Crippen molar-refractivity contribution in [2.45, 2.75) is 19.1 Å². The molecule has 2 atom stereocenters. The molecule has 0 aromatic heterocycles. The van der Waals surface area contributed by atoms with Gasteiger partial charge in [-0.25, -0.2) is 0 Å². The van der Waals surface area contributed by atoms with Crippen molar-refractivity contribution in [3.05, 3.63) is 35.9 Å². The highest BCUT2D eigenvalue weighted by molar-refractivity contribution is 5.85. The van der Waals surface area contributed by atoms with Gasteiger partial charge in [0.15, 0.2) is 0 Å². The van der Waals surface area contributed by atoms with Crippen LogP contribution >= 0.6 is 12.4 Å². The monoisotopic (exact) mass is 213 g/mol. The summed E-state index contributed by atoms with van der Waals surface area (Å²) >= 11 is 0. The summed E-state index contributed by atoms with van der Waals surface area (Å²) in [4.78, 5) is 0. The molecule has 0 bridgehead atoms. The highest BCUT2D eigenvalue weighted by Gasteiger charge is 2.18. The van der Waals surface area contributed by atoms with E-state index in [4.69, 9.17) is 4.74 Å². The van der Waals surface area contributed by atoms with Crippen molar-refractivity contribution in [1.29, 1.82) is 0 Å². The highest BCUT2D eigenvalue weighted by atomic mass is 35.5. The number of ether oxygens (including phenoxy) is 1. The van der Waals surface area contributed by atoms with Crippen molar-refractivity contribution >= 4 is 12.4 Å². The van der Waals surface area contributed by atoms with Crippen molar-refractivity contribution in [3.8, 4) is 0 Å². The topological polar surface area (TPSA) is 21.3 Å². The van der Waals surface area contributed by atoms with E-state index in [0.717, 1.165) is 13.2 Å². The summed E-state index contributed by atoms with van der Waals surface area (Å²) in [7, 11) is 0. The zero-order chi connectivity index (χ0) is 9.10. The lowest BCUT2D eigenvalue weighted by Gasteiger charge is -2.28. The molecule has 1 fully saturated rings. The number of morpholine rings is 1. The first kappa shape index (κ1) is 11.5. The van der Waals surface area contributed by atoms with Crippen LogP contribution in [0.15, 0.2) is 30.3 Å². The van der Waals surface area contributed by atoms with Gasteiger partial charge >= 0.3 is 0 Å². The quantitative estimate of drug-likeness (QED) is 0.772. The number of hydrogen-bond donors (Lipinski definition) is 1. The third-order valence-electron chi connectivity index (χ3n) is 2.37. The van der Waals surface area contributed by atoms with Crippen molar-refractivity contribution < 1.29 is 4.74 Å². The summed E-state index contributed by atoms with van der Waals surface area (Å²) in [5.74, 6) is 0. The van der Waals surface area contributed by atoms with Crippen LogP contribution in [0.2, 0.25) is 0 Å². The van der Waals surface area contributed by atoms with E-state index < -0.39 is 0 Å². The summed E-state index contributed by atoms with van der Waals surface area (Å²) in [5.41, 5.74) is 1.27. The Hall–Kier alpha value is -0.570. The average Bonchev–Trinajstić information content (AvgIpc) is 2.20. The molecule has 1 aliphatic rings. The van der Waals surface area contributed by atoms with E-state index in [9.17, 15) is 0 Å². The fourth-order valence-electron chi connectivity index (χ4n) is 1.57. The number of rotatable bonds is 1. The summed E-state index contributed by atoms with van der Waals surface area (Å²) < 4.78 is 5.71. The Labute approximate surface area is 91.1 Å². The molecule has 1 aliphatic heterocycles. The van der Waals surface area contributed by atoms with Crippen molar-refractivity contribution in [2.75, 3.05) is 13.2 Å². The predicted octanol–water partition coefficient (Wildman–Crippen LogP) is 2.16. The van der Waals surface area contributed by atoms with Crippen LogP contribution in [0, 0.1) is 0 Å². The Morgan fingerprint density at radius 3 is 2.57 bits per heavy atom. The molecule has 2 nitrogen and oxygen atoms in total. The zero-order valence-electron chi connectivity index (χ0n) is 8.27. The van der Waals surface area contributed by atoms with E-state index >= 15 is 0 Å². The standard InChI is InChI=1S/C11H15NO.ClH/c1-9-8-13-11(7-12-9)10-5-3-2-4-6-10;/h2-6,9,11-12H,7-8H2,1H3;1H/t9-,11+;/m0./s1. The molecule has 1 aromatic rings. The van der Waals surface area contributed by atoms with Gasteiger partial charge in [0.05, 0.1) is 12.7 Å². The minimum absolute atomic E-state index is 0. The Morgan fingerprint density at radius 1 is 1.29 bits per heavy atom. The molecule has 0 unspecified atom stereocenters. The molecule has 0 spiro atoms. The molecule has 1 aromatic carbocycles. The van der Waals surface area contributed by atoms with Gasteiger partial charge in [-0.2, -0.15) is 0 Å². The molecule has 14 heavy (non-hydrogen) atoms. The van der Waals surface area contributed by atoms with Crippen LogP contribution in [-0.4, -0.2) is 19.2 Å². The van der Waals surface area contributed by atoms with Gasteiger partial charge in [-0.15, -0.1) is 12.4 Å². The lowest BCUT2D eigenvalue weighted by Crippen LogP contribution is -2.40. The molecule has 0 radical (unpaired) electrons. The number of halogens is 1. The largest absolute Gasteiger partial charge is 0.371 e. The van der Waals surface area contributed by atoms with Gasteiger partial charge in [0, 0.05) is 12.6 Å². The number of hydrogen-bond acceptors (Lipinski definition) is 2. The maximum atomic E-state index is 5.71. The lowest BCUT2D eigenvalue weighted by atomic mass is 10.1. The Bertz CT molecular complexity index is 257. The van der Waals surface area contributed by atoms with Crippen LogP contribution in [0.1, 0.15) is 18.6 Å². The van der Waals surface area contributed by atoms with Gasteiger partial charge < -0.3 is 10.1 Å². The second-order valence-corrected chi connectivity index (χ2v) is 3.54. The van der Waals surface area contributed by atoms with E-state index in [1.54, 1.807) is 0 Å². The van der Waals surface area contributed by atoms with Gasteiger partial charge in [-0.1, -0.05) is 30.3 Å². The van der Waals surface area contributed by atoms with Crippen LogP contribution in [0.25, 0.3) is 0 Å². The maximum absolute atomic E-state index is 5.71. The van der Waals surface area contributed by atoms with E-state index in [-0.39, 0.29) is 18.5 Å². The summed E-state index contributed by atoms with van der Waals surface area (Å²) in [6.07, 6.45) is 0.234. The van der Waals surface area contributed by atoms with E-state index in [1.807, 2.05) is 6.07 Å². The average molecular weight is 214 g/mol. The van der Waals surface area contributed by atoms with Gasteiger partial charge in [-0.3, -0.25) is 0 Å².